The minimum absolute atomic E-state index is 0.0585. The minimum Gasteiger partial charge on any atom is -0.465 e. The molecule has 29 heavy (non-hydrogen) atoms. The van der Waals surface area contributed by atoms with Crippen molar-refractivity contribution >= 4 is 16.7 Å². The number of H-pyrrole nitrogens is 1. The molecule has 4 rings (SSSR count). The highest BCUT2D eigenvalue weighted by atomic mass is 16.5. The molecule has 0 unspecified atom stereocenters. The number of aromatic nitrogens is 2. The second-order valence-electron chi connectivity index (χ2n) is 7.14. The molecule has 1 saturated heterocycles. The summed E-state index contributed by atoms with van der Waals surface area (Å²) in [7, 11) is 0. The number of rotatable bonds is 6. The zero-order valence-corrected chi connectivity index (χ0v) is 16.3. The molecule has 2 aromatic heterocycles. The Morgan fingerprint density at radius 1 is 1.21 bits per heavy atom. The van der Waals surface area contributed by atoms with Gasteiger partial charge in [-0.05, 0) is 25.1 Å². The fourth-order valence-electron chi connectivity index (χ4n) is 3.66. The van der Waals surface area contributed by atoms with Gasteiger partial charge in [0, 0.05) is 25.0 Å². The molecule has 1 aliphatic heterocycles. The van der Waals surface area contributed by atoms with Crippen LogP contribution in [0.1, 0.15) is 23.3 Å². The summed E-state index contributed by atoms with van der Waals surface area (Å²) in [6.45, 7) is 5.23. The third kappa shape index (κ3) is 4.38. The fourth-order valence-corrected chi connectivity index (χ4v) is 3.66. The zero-order valence-electron chi connectivity index (χ0n) is 16.3. The third-order valence-electron chi connectivity index (χ3n) is 5.17. The Kier molecular flexibility index (Phi) is 5.73. The number of fused-ring (bicyclic) bond motifs is 1. The van der Waals surface area contributed by atoms with Crippen LogP contribution >= 0.6 is 0 Å². The van der Waals surface area contributed by atoms with Crippen molar-refractivity contribution in [2.45, 2.75) is 19.4 Å². The van der Waals surface area contributed by atoms with Crippen LogP contribution in [0.4, 0.5) is 0 Å². The number of amides is 1. The van der Waals surface area contributed by atoms with Crippen molar-refractivity contribution < 1.29 is 13.9 Å². The molecule has 1 fully saturated rings. The number of nitrogens with one attached hydrogen (secondary N) is 2. The normalized spacial score (nSPS) is 16.0. The second kappa shape index (κ2) is 8.59. The van der Waals surface area contributed by atoms with E-state index in [1.165, 1.54) is 0 Å². The van der Waals surface area contributed by atoms with Crippen LogP contribution in [0.5, 0.6) is 0 Å². The molecule has 8 nitrogen and oxygen atoms in total. The molecular formula is C21H24N4O4. The van der Waals surface area contributed by atoms with Crippen molar-refractivity contribution in [2.75, 3.05) is 32.8 Å². The van der Waals surface area contributed by atoms with Crippen LogP contribution in [0.3, 0.4) is 0 Å². The molecule has 0 aliphatic carbocycles. The summed E-state index contributed by atoms with van der Waals surface area (Å²) < 4.78 is 11.3. The molecule has 152 valence electrons. The van der Waals surface area contributed by atoms with Crippen molar-refractivity contribution in [3.63, 3.8) is 0 Å². The SMILES string of the molecule is Cc1ccc([C@H](CNC(=O)Cc2n[nH]c(=O)c3ccccc23)N2CCOCC2)o1. The summed E-state index contributed by atoms with van der Waals surface area (Å²) in [5.74, 6) is 1.52. The number of nitrogens with zero attached hydrogens (tertiary/aromatic N) is 2. The number of aromatic amines is 1. The van der Waals surface area contributed by atoms with Gasteiger partial charge < -0.3 is 14.5 Å². The molecule has 1 aromatic carbocycles. The van der Waals surface area contributed by atoms with Gasteiger partial charge in [-0.3, -0.25) is 14.5 Å². The molecule has 3 aromatic rings. The number of morpholine rings is 1. The van der Waals surface area contributed by atoms with Gasteiger partial charge >= 0.3 is 0 Å². The summed E-state index contributed by atoms with van der Waals surface area (Å²) in [6, 6.07) is 11.0. The van der Waals surface area contributed by atoms with Crippen LogP contribution < -0.4 is 10.9 Å². The first kappa shape index (κ1) is 19.4. The van der Waals surface area contributed by atoms with Crippen molar-refractivity contribution in [3.8, 4) is 0 Å². The molecule has 3 heterocycles. The summed E-state index contributed by atoms with van der Waals surface area (Å²) >= 11 is 0. The van der Waals surface area contributed by atoms with Crippen LogP contribution in [0.25, 0.3) is 10.8 Å². The number of furan rings is 1. The predicted molar refractivity (Wildman–Crippen MR) is 108 cm³/mol. The lowest BCUT2D eigenvalue weighted by Gasteiger charge is -2.33. The molecule has 2 N–H and O–H groups in total. The lowest BCUT2D eigenvalue weighted by atomic mass is 10.1. The molecule has 0 bridgehead atoms. The Labute approximate surface area is 167 Å². The van der Waals surface area contributed by atoms with E-state index in [1.807, 2.05) is 31.2 Å². The van der Waals surface area contributed by atoms with Crippen molar-refractivity contribution in [3.05, 3.63) is 64.0 Å². The van der Waals surface area contributed by atoms with Gasteiger partial charge in [-0.2, -0.15) is 5.10 Å². The maximum atomic E-state index is 12.6. The Hall–Kier alpha value is -2.97. The molecule has 0 saturated carbocycles. The smallest absolute Gasteiger partial charge is 0.272 e. The maximum Gasteiger partial charge on any atom is 0.272 e. The fraction of sp³-hybridized carbons (Fsp3) is 0.381. The molecule has 0 spiro atoms. The Morgan fingerprint density at radius 2 is 1.97 bits per heavy atom. The number of hydrogen-bond acceptors (Lipinski definition) is 6. The summed E-state index contributed by atoms with van der Waals surface area (Å²) in [5.41, 5.74) is 0.291. The highest BCUT2D eigenvalue weighted by Crippen LogP contribution is 2.23. The van der Waals surface area contributed by atoms with E-state index in [-0.39, 0.29) is 23.9 Å². The van der Waals surface area contributed by atoms with Gasteiger partial charge in [-0.25, -0.2) is 5.10 Å². The number of hydrogen-bond donors (Lipinski definition) is 2. The lowest BCUT2D eigenvalue weighted by molar-refractivity contribution is -0.120. The van der Waals surface area contributed by atoms with E-state index in [0.717, 1.165) is 24.6 Å². The van der Waals surface area contributed by atoms with E-state index < -0.39 is 0 Å². The quantitative estimate of drug-likeness (QED) is 0.656. The first-order valence-corrected chi connectivity index (χ1v) is 9.73. The number of aryl methyl sites for hydroxylation is 1. The van der Waals surface area contributed by atoms with Crippen LogP contribution in [0.15, 0.2) is 45.6 Å². The topological polar surface area (TPSA) is 100 Å². The molecular weight excluding hydrogens is 372 g/mol. The monoisotopic (exact) mass is 396 g/mol. The van der Waals surface area contributed by atoms with Gasteiger partial charge in [0.25, 0.3) is 5.56 Å². The first-order valence-electron chi connectivity index (χ1n) is 9.73. The van der Waals surface area contributed by atoms with Gasteiger partial charge in [-0.1, -0.05) is 18.2 Å². The van der Waals surface area contributed by atoms with Crippen LogP contribution in [0.2, 0.25) is 0 Å². The van der Waals surface area contributed by atoms with Gasteiger partial charge in [0.1, 0.15) is 11.5 Å². The van der Waals surface area contributed by atoms with E-state index >= 15 is 0 Å². The molecule has 1 aliphatic rings. The van der Waals surface area contributed by atoms with E-state index in [0.29, 0.717) is 36.2 Å². The van der Waals surface area contributed by atoms with E-state index in [1.54, 1.807) is 12.1 Å². The highest BCUT2D eigenvalue weighted by Gasteiger charge is 2.26. The Morgan fingerprint density at radius 3 is 2.69 bits per heavy atom. The van der Waals surface area contributed by atoms with E-state index in [9.17, 15) is 9.59 Å². The summed E-state index contributed by atoms with van der Waals surface area (Å²) in [4.78, 5) is 26.8. The zero-order chi connectivity index (χ0) is 20.2. The average Bonchev–Trinajstić information content (AvgIpc) is 3.17. The largest absolute Gasteiger partial charge is 0.465 e. The average molecular weight is 396 g/mol. The van der Waals surface area contributed by atoms with Crippen molar-refractivity contribution in [1.82, 2.24) is 20.4 Å². The van der Waals surface area contributed by atoms with E-state index in [2.05, 4.69) is 20.4 Å². The molecule has 0 radical (unpaired) electrons. The van der Waals surface area contributed by atoms with Gasteiger partial charge in [0.15, 0.2) is 0 Å². The minimum atomic E-state index is -0.259. The number of ether oxygens (including phenoxy) is 1. The highest BCUT2D eigenvalue weighted by molar-refractivity contribution is 5.88. The van der Waals surface area contributed by atoms with Crippen LogP contribution in [-0.2, 0) is 16.0 Å². The van der Waals surface area contributed by atoms with Gasteiger partial charge in [0.2, 0.25) is 5.91 Å². The summed E-state index contributed by atoms with van der Waals surface area (Å²) in [6.07, 6.45) is 0.0876. The standard InChI is InChI=1S/C21H24N4O4/c1-14-6-7-19(29-14)18(25-8-10-28-11-9-25)13-22-20(26)12-17-15-4-2-3-5-16(15)21(27)24-23-17/h2-7,18H,8-13H2,1H3,(H,22,26)(H,24,27)/t18-/m0/s1. The van der Waals surface area contributed by atoms with Gasteiger partial charge in [0.05, 0.1) is 36.8 Å². The first-order chi connectivity index (χ1) is 14.1. The van der Waals surface area contributed by atoms with Crippen LogP contribution in [-0.4, -0.2) is 53.9 Å². The molecule has 1 atom stereocenters. The predicted octanol–water partition coefficient (Wildman–Crippen LogP) is 1.56. The van der Waals surface area contributed by atoms with Crippen molar-refractivity contribution in [1.29, 1.82) is 0 Å². The summed E-state index contributed by atoms with van der Waals surface area (Å²) in [5, 5.41) is 10.8. The number of benzene rings is 1. The molecule has 8 heteroatoms. The second-order valence-corrected chi connectivity index (χ2v) is 7.14. The maximum absolute atomic E-state index is 12.6. The van der Waals surface area contributed by atoms with Crippen LogP contribution in [0, 0.1) is 6.92 Å². The Balaban J connectivity index is 1.47. The lowest BCUT2D eigenvalue weighted by Crippen LogP contribution is -2.44. The van der Waals surface area contributed by atoms with Gasteiger partial charge in [-0.15, -0.1) is 0 Å². The van der Waals surface area contributed by atoms with Crippen molar-refractivity contribution in [2.24, 2.45) is 0 Å². The Bertz CT molecular complexity index is 1050. The van der Waals surface area contributed by atoms with E-state index in [4.69, 9.17) is 9.15 Å². The number of carbonyl (C=O) groups is 1. The third-order valence-corrected chi connectivity index (χ3v) is 5.17. The molecule has 1 amide bonds. The number of carbonyl (C=O) groups excluding carboxylic acids is 1.